The number of amides is 1. The fourth-order valence-corrected chi connectivity index (χ4v) is 3.65. The minimum Gasteiger partial charge on any atom is -0.331 e. The lowest BCUT2D eigenvalue weighted by Crippen LogP contribution is -2.37. The standard InChI is InChI=1S/C21H16BrClN2OS/c22-16-11-12-18(17(23)13-16)24-21(27)25-20(26)19(14-7-3-1-4-8-14)15-9-5-2-6-10-15/h1-13,19H,(H2,24,25,26,27). The molecule has 0 aromatic heterocycles. The molecule has 0 heterocycles. The van der Waals surface area contributed by atoms with Gasteiger partial charge in [-0.2, -0.15) is 0 Å². The third kappa shape index (κ3) is 5.16. The van der Waals surface area contributed by atoms with Crippen molar-refractivity contribution in [3.05, 3.63) is 99.5 Å². The summed E-state index contributed by atoms with van der Waals surface area (Å²) < 4.78 is 0.862. The molecule has 0 spiro atoms. The van der Waals surface area contributed by atoms with Crippen molar-refractivity contribution in [2.24, 2.45) is 0 Å². The van der Waals surface area contributed by atoms with Crippen LogP contribution in [0.15, 0.2) is 83.3 Å². The molecule has 1 amide bonds. The predicted octanol–water partition coefficient (Wildman–Crippen LogP) is 5.75. The second-order valence-corrected chi connectivity index (χ2v) is 7.55. The zero-order valence-corrected chi connectivity index (χ0v) is 17.3. The number of hydrogen-bond donors (Lipinski definition) is 2. The van der Waals surface area contributed by atoms with Crippen LogP contribution in [0.3, 0.4) is 0 Å². The van der Waals surface area contributed by atoms with Crippen molar-refractivity contribution < 1.29 is 4.79 Å². The molecule has 3 nitrogen and oxygen atoms in total. The number of halogens is 2. The molecule has 0 fully saturated rings. The molecule has 0 aliphatic heterocycles. The Morgan fingerprint density at radius 2 is 1.48 bits per heavy atom. The van der Waals surface area contributed by atoms with Gasteiger partial charge in [0.15, 0.2) is 5.11 Å². The van der Waals surface area contributed by atoms with E-state index in [0.29, 0.717) is 10.7 Å². The summed E-state index contributed by atoms with van der Waals surface area (Å²) in [6, 6.07) is 24.6. The predicted molar refractivity (Wildman–Crippen MR) is 118 cm³/mol. The maximum absolute atomic E-state index is 13.0. The number of rotatable bonds is 4. The Bertz CT molecular complexity index is 911. The van der Waals surface area contributed by atoms with Gasteiger partial charge in [-0.15, -0.1) is 0 Å². The maximum atomic E-state index is 13.0. The lowest BCUT2D eigenvalue weighted by molar-refractivity contribution is -0.120. The largest absolute Gasteiger partial charge is 0.331 e. The van der Waals surface area contributed by atoms with E-state index >= 15 is 0 Å². The Morgan fingerprint density at radius 3 is 2.00 bits per heavy atom. The number of anilines is 1. The van der Waals surface area contributed by atoms with Crippen LogP contribution in [0.2, 0.25) is 5.02 Å². The Morgan fingerprint density at radius 1 is 0.926 bits per heavy atom. The van der Waals surface area contributed by atoms with E-state index in [1.807, 2.05) is 66.7 Å². The lowest BCUT2D eigenvalue weighted by atomic mass is 9.90. The van der Waals surface area contributed by atoms with Crippen LogP contribution in [0.5, 0.6) is 0 Å². The average molecular weight is 460 g/mol. The Balaban J connectivity index is 1.79. The third-order valence-corrected chi connectivity index (χ3v) is 4.95. The summed E-state index contributed by atoms with van der Waals surface area (Å²) in [5.74, 6) is -0.675. The van der Waals surface area contributed by atoms with E-state index in [1.165, 1.54) is 0 Å². The van der Waals surface area contributed by atoms with Gasteiger partial charge in [0.25, 0.3) is 0 Å². The molecule has 27 heavy (non-hydrogen) atoms. The summed E-state index contributed by atoms with van der Waals surface area (Å²) in [7, 11) is 0. The van der Waals surface area contributed by atoms with Crippen LogP contribution in [0, 0.1) is 0 Å². The van der Waals surface area contributed by atoms with E-state index in [-0.39, 0.29) is 11.0 Å². The highest BCUT2D eigenvalue weighted by atomic mass is 79.9. The first-order valence-corrected chi connectivity index (χ1v) is 9.79. The molecule has 0 aliphatic rings. The van der Waals surface area contributed by atoms with Crippen molar-refractivity contribution in [1.29, 1.82) is 0 Å². The van der Waals surface area contributed by atoms with Crippen LogP contribution in [0.4, 0.5) is 5.69 Å². The number of hydrogen-bond acceptors (Lipinski definition) is 2. The Kier molecular flexibility index (Phi) is 6.61. The molecule has 0 atom stereocenters. The van der Waals surface area contributed by atoms with Crippen molar-refractivity contribution in [2.45, 2.75) is 5.92 Å². The highest BCUT2D eigenvalue weighted by Crippen LogP contribution is 2.27. The molecule has 0 radical (unpaired) electrons. The van der Waals surface area contributed by atoms with Gasteiger partial charge in [-0.25, -0.2) is 0 Å². The van der Waals surface area contributed by atoms with Gasteiger partial charge < -0.3 is 10.6 Å². The summed E-state index contributed by atoms with van der Waals surface area (Å²) in [4.78, 5) is 13.0. The van der Waals surface area contributed by atoms with Crippen LogP contribution in [-0.2, 0) is 4.79 Å². The third-order valence-electron chi connectivity index (χ3n) is 3.94. The lowest BCUT2D eigenvalue weighted by Gasteiger charge is -2.19. The number of carbonyl (C=O) groups excluding carboxylic acids is 1. The van der Waals surface area contributed by atoms with E-state index in [0.717, 1.165) is 15.6 Å². The molecule has 0 bridgehead atoms. The van der Waals surface area contributed by atoms with E-state index in [2.05, 4.69) is 26.6 Å². The van der Waals surface area contributed by atoms with Gasteiger partial charge >= 0.3 is 0 Å². The van der Waals surface area contributed by atoms with Gasteiger partial charge in [0.05, 0.1) is 16.6 Å². The van der Waals surface area contributed by atoms with Crippen LogP contribution in [0.25, 0.3) is 0 Å². The summed E-state index contributed by atoms with van der Waals surface area (Å²) in [6.45, 7) is 0. The first-order chi connectivity index (χ1) is 13.0. The van der Waals surface area contributed by atoms with Gasteiger partial charge in [0.1, 0.15) is 0 Å². The molecule has 3 aromatic carbocycles. The van der Waals surface area contributed by atoms with Crippen LogP contribution in [-0.4, -0.2) is 11.0 Å². The molecule has 2 N–H and O–H groups in total. The molecule has 3 rings (SSSR count). The minimum absolute atomic E-state index is 0.195. The van der Waals surface area contributed by atoms with Gasteiger partial charge in [-0.05, 0) is 41.5 Å². The van der Waals surface area contributed by atoms with E-state index in [4.69, 9.17) is 23.8 Å². The van der Waals surface area contributed by atoms with E-state index < -0.39 is 5.92 Å². The molecular formula is C21H16BrClN2OS. The Labute approximate surface area is 176 Å². The fraction of sp³-hybridized carbons (Fsp3) is 0.0476. The van der Waals surface area contributed by atoms with Crippen LogP contribution < -0.4 is 10.6 Å². The van der Waals surface area contributed by atoms with Gasteiger partial charge in [-0.3, -0.25) is 4.79 Å². The zero-order chi connectivity index (χ0) is 19.2. The van der Waals surface area contributed by atoms with Crippen LogP contribution >= 0.6 is 39.7 Å². The topological polar surface area (TPSA) is 41.1 Å². The van der Waals surface area contributed by atoms with Crippen molar-refractivity contribution in [2.75, 3.05) is 5.32 Å². The molecule has 0 saturated carbocycles. The molecule has 3 aromatic rings. The number of carbonyl (C=O) groups is 1. The summed E-state index contributed by atoms with van der Waals surface area (Å²) in [6.07, 6.45) is 0. The molecule has 6 heteroatoms. The van der Waals surface area contributed by atoms with Gasteiger partial charge in [0, 0.05) is 4.47 Å². The minimum atomic E-state index is -0.465. The Hall–Kier alpha value is -2.21. The summed E-state index contributed by atoms with van der Waals surface area (Å²) in [5, 5.41) is 6.45. The van der Waals surface area contributed by atoms with Crippen molar-refractivity contribution in [3.63, 3.8) is 0 Å². The number of thiocarbonyl (C=S) groups is 1. The molecular weight excluding hydrogens is 444 g/mol. The van der Waals surface area contributed by atoms with Crippen molar-refractivity contribution >= 4 is 56.5 Å². The second-order valence-electron chi connectivity index (χ2n) is 5.82. The molecule has 136 valence electrons. The first-order valence-electron chi connectivity index (χ1n) is 8.21. The second kappa shape index (κ2) is 9.13. The molecule has 0 saturated heterocycles. The zero-order valence-electron chi connectivity index (χ0n) is 14.2. The SMILES string of the molecule is O=C(NC(=S)Nc1ccc(Br)cc1Cl)C(c1ccccc1)c1ccccc1. The monoisotopic (exact) mass is 458 g/mol. The first kappa shape index (κ1) is 19.5. The average Bonchev–Trinajstić information content (AvgIpc) is 2.66. The highest BCUT2D eigenvalue weighted by molar-refractivity contribution is 9.10. The highest BCUT2D eigenvalue weighted by Gasteiger charge is 2.23. The van der Waals surface area contributed by atoms with Crippen LogP contribution in [0.1, 0.15) is 17.0 Å². The van der Waals surface area contributed by atoms with E-state index in [9.17, 15) is 4.79 Å². The van der Waals surface area contributed by atoms with E-state index in [1.54, 1.807) is 12.1 Å². The quantitative estimate of drug-likeness (QED) is 0.488. The number of nitrogens with one attached hydrogen (secondary N) is 2. The summed E-state index contributed by atoms with van der Waals surface area (Å²) in [5.41, 5.74) is 2.41. The van der Waals surface area contributed by atoms with Gasteiger partial charge in [-0.1, -0.05) is 88.2 Å². The maximum Gasteiger partial charge on any atom is 0.238 e. The smallest absolute Gasteiger partial charge is 0.238 e. The number of benzene rings is 3. The summed E-state index contributed by atoms with van der Waals surface area (Å²) >= 11 is 14.9. The fourth-order valence-electron chi connectivity index (χ4n) is 2.71. The normalized spacial score (nSPS) is 10.5. The van der Waals surface area contributed by atoms with Gasteiger partial charge in [0.2, 0.25) is 5.91 Å². The molecule has 0 aliphatic carbocycles. The van der Waals surface area contributed by atoms with Crippen molar-refractivity contribution in [3.8, 4) is 0 Å². The molecule has 0 unspecified atom stereocenters. The van der Waals surface area contributed by atoms with Crippen molar-refractivity contribution in [1.82, 2.24) is 5.32 Å².